The van der Waals surface area contributed by atoms with Crippen molar-refractivity contribution in [1.82, 2.24) is 0 Å². The monoisotopic (exact) mass is 476 g/mol. The van der Waals surface area contributed by atoms with Crippen LogP contribution in [0, 0.1) is 51.4 Å². The minimum absolute atomic E-state index is 0.0391. The average molecular weight is 477 g/mol. The van der Waals surface area contributed by atoms with Gasteiger partial charge < -0.3 is 9.47 Å². The van der Waals surface area contributed by atoms with E-state index in [1.807, 2.05) is 39.8 Å². The molecule has 2 aromatic carbocycles. The summed E-state index contributed by atoms with van der Waals surface area (Å²) in [5.74, 6) is -2.80. The van der Waals surface area contributed by atoms with Gasteiger partial charge in [-0.2, -0.15) is 0 Å². The minimum atomic E-state index is -0.634. The van der Waals surface area contributed by atoms with Crippen LogP contribution in [-0.4, -0.2) is 36.7 Å². The van der Waals surface area contributed by atoms with E-state index in [1.165, 1.54) is 0 Å². The summed E-state index contributed by atoms with van der Waals surface area (Å²) in [4.78, 5) is 51.1. The van der Waals surface area contributed by atoms with Crippen LogP contribution in [-0.2, 0) is 19.1 Å². The number of carbonyl (C=O) groups is 4. The van der Waals surface area contributed by atoms with E-state index in [4.69, 9.17) is 9.47 Å². The minimum Gasteiger partial charge on any atom is -0.457 e. The van der Waals surface area contributed by atoms with Crippen LogP contribution in [0.5, 0.6) is 0 Å². The van der Waals surface area contributed by atoms with E-state index in [-0.39, 0.29) is 36.6 Å². The number of fused-ring (bicyclic) bond motifs is 2. The zero-order chi connectivity index (χ0) is 25.3. The Balaban J connectivity index is 1.37. The maximum Gasteiger partial charge on any atom is 0.310 e. The van der Waals surface area contributed by atoms with Crippen molar-refractivity contribution < 1.29 is 28.7 Å². The summed E-state index contributed by atoms with van der Waals surface area (Å²) in [7, 11) is 0. The van der Waals surface area contributed by atoms with Gasteiger partial charge >= 0.3 is 11.9 Å². The molecule has 4 atom stereocenters. The highest BCUT2D eigenvalue weighted by molar-refractivity contribution is 5.99. The molecule has 2 aliphatic rings. The summed E-state index contributed by atoms with van der Waals surface area (Å²) in [6, 6.07) is 10.8. The first-order chi connectivity index (χ1) is 16.7. The number of carbonyl (C=O) groups excluding carboxylic acids is 4. The van der Waals surface area contributed by atoms with Gasteiger partial charge in [-0.3, -0.25) is 19.2 Å². The van der Waals surface area contributed by atoms with E-state index in [2.05, 4.69) is 0 Å². The van der Waals surface area contributed by atoms with E-state index in [0.29, 0.717) is 11.1 Å². The molecule has 0 N–H and O–H groups in total. The largest absolute Gasteiger partial charge is 0.457 e. The van der Waals surface area contributed by atoms with Crippen molar-refractivity contribution in [3.63, 3.8) is 0 Å². The van der Waals surface area contributed by atoms with Gasteiger partial charge in [0.2, 0.25) is 0 Å². The first-order valence-electron chi connectivity index (χ1n) is 12.2. The highest BCUT2D eigenvalue weighted by Gasteiger charge is 2.55. The second kappa shape index (κ2) is 10.1. The molecule has 0 aromatic heterocycles. The summed E-state index contributed by atoms with van der Waals surface area (Å²) < 4.78 is 10.8. The van der Waals surface area contributed by atoms with Crippen molar-refractivity contribution in [1.29, 1.82) is 0 Å². The number of aryl methyl sites for hydroxylation is 4. The molecule has 184 valence electrons. The molecule has 2 bridgehead atoms. The van der Waals surface area contributed by atoms with Gasteiger partial charge in [0, 0.05) is 11.1 Å². The molecule has 0 saturated heterocycles. The molecule has 0 heterocycles. The predicted molar refractivity (Wildman–Crippen MR) is 130 cm³/mol. The van der Waals surface area contributed by atoms with Gasteiger partial charge in [0.05, 0.1) is 11.8 Å². The van der Waals surface area contributed by atoms with Crippen molar-refractivity contribution in [2.75, 3.05) is 13.2 Å². The number of hydrogen-bond donors (Lipinski definition) is 0. The highest BCUT2D eigenvalue weighted by atomic mass is 16.5. The second-order valence-corrected chi connectivity index (χ2v) is 10.0. The Morgan fingerprint density at radius 1 is 0.657 bits per heavy atom. The van der Waals surface area contributed by atoms with Gasteiger partial charge in [0.1, 0.15) is 0 Å². The molecular formula is C29H32O6. The third-order valence-corrected chi connectivity index (χ3v) is 7.81. The third-order valence-electron chi connectivity index (χ3n) is 7.81. The number of benzene rings is 2. The quantitative estimate of drug-likeness (QED) is 0.404. The zero-order valence-electron chi connectivity index (χ0n) is 20.8. The number of hydrogen-bond acceptors (Lipinski definition) is 6. The van der Waals surface area contributed by atoms with Crippen LogP contribution in [0.3, 0.4) is 0 Å². The Kier molecular flexibility index (Phi) is 7.20. The molecule has 2 aliphatic carbocycles. The third kappa shape index (κ3) is 5.21. The number of Topliss-reactive ketones (excluding diaryl/α,β-unsaturated/α-hetero) is 2. The molecule has 2 saturated carbocycles. The summed E-state index contributed by atoms with van der Waals surface area (Å²) in [6.45, 7) is 7.06. The van der Waals surface area contributed by atoms with E-state index in [1.54, 1.807) is 24.3 Å². The number of ketones is 2. The number of esters is 2. The molecule has 0 unspecified atom stereocenters. The standard InChI is InChI=1S/C29H32O6/c1-16-5-7-20(11-18(16)3)24(30)14-34-28(32)26-22-9-10-23(13-22)27(26)29(33)35-15-25(31)21-8-6-17(2)19(4)12-21/h5-8,11-12,22-23,26-27H,9-10,13-15H2,1-4H3/t22-,23-,26+,27+/m0/s1. The van der Waals surface area contributed by atoms with Crippen LogP contribution in [0.4, 0.5) is 0 Å². The Morgan fingerprint density at radius 3 is 1.43 bits per heavy atom. The first-order valence-corrected chi connectivity index (χ1v) is 12.2. The molecule has 2 aromatic rings. The molecule has 0 amide bonds. The predicted octanol–water partition coefficient (Wildman–Crippen LogP) is 4.73. The maximum absolute atomic E-state index is 13.0. The van der Waals surface area contributed by atoms with Gasteiger partial charge in [-0.1, -0.05) is 24.3 Å². The Labute approximate surface area is 206 Å². The molecule has 6 nitrogen and oxygen atoms in total. The maximum atomic E-state index is 13.0. The zero-order valence-corrected chi connectivity index (χ0v) is 20.8. The summed E-state index contributed by atoms with van der Waals surface area (Å²) in [6.07, 6.45) is 2.46. The fourth-order valence-corrected chi connectivity index (χ4v) is 5.43. The molecule has 35 heavy (non-hydrogen) atoms. The molecule has 0 radical (unpaired) electrons. The van der Waals surface area contributed by atoms with Gasteiger partial charge in [-0.15, -0.1) is 0 Å². The normalized spacial score (nSPS) is 22.6. The molecule has 2 fully saturated rings. The van der Waals surface area contributed by atoms with Crippen LogP contribution in [0.25, 0.3) is 0 Å². The lowest BCUT2D eigenvalue weighted by Gasteiger charge is -2.27. The van der Waals surface area contributed by atoms with Crippen molar-refractivity contribution in [2.24, 2.45) is 23.7 Å². The Bertz CT molecular complexity index is 1090. The fourth-order valence-electron chi connectivity index (χ4n) is 5.43. The van der Waals surface area contributed by atoms with Gasteiger partial charge in [-0.05, 0) is 93.2 Å². The fraction of sp³-hybridized carbons (Fsp3) is 0.448. The first kappa shape index (κ1) is 24.8. The highest BCUT2D eigenvalue weighted by Crippen LogP contribution is 2.53. The van der Waals surface area contributed by atoms with Crippen LogP contribution < -0.4 is 0 Å². The van der Waals surface area contributed by atoms with Gasteiger partial charge in [0.25, 0.3) is 0 Å². The van der Waals surface area contributed by atoms with Crippen LogP contribution in [0.15, 0.2) is 36.4 Å². The Morgan fingerprint density at radius 2 is 1.06 bits per heavy atom. The van der Waals surface area contributed by atoms with E-state index >= 15 is 0 Å². The van der Waals surface area contributed by atoms with Crippen molar-refractivity contribution >= 4 is 23.5 Å². The van der Waals surface area contributed by atoms with Crippen molar-refractivity contribution in [2.45, 2.75) is 47.0 Å². The molecular weight excluding hydrogens is 444 g/mol. The topological polar surface area (TPSA) is 86.7 Å². The van der Waals surface area contributed by atoms with Crippen molar-refractivity contribution in [3.05, 3.63) is 69.8 Å². The summed E-state index contributed by atoms with van der Waals surface area (Å²) in [5, 5.41) is 0. The Hall–Kier alpha value is -3.28. The van der Waals surface area contributed by atoms with E-state index in [9.17, 15) is 19.2 Å². The van der Waals surface area contributed by atoms with Crippen LogP contribution in [0.1, 0.15) is 62.2 Å². The molecule has 4 rings (SSSR count). The van der Waals surface area contributed by atoms with Crippen LogP contribution >= 0.6 is 0 Å². The van der Waals surface area contributed by atoms with Gasteiger partial charge in [-0.25, -0.2) is 0 Å². The molecule has 0 aliphatic heterocycles. The molecule has 6 heteroatoms. The lowest BCUT2D eigenvalue weighted by molar-refractivity contribution is -0.162. The lowest BCUT2D eigenvalue weighted by Crippen LogP contribution is -2.38. The van der Waals surface area contributed by atoms with E-state index in [0.717, 1.165) is 41.5 Å². The SMILES string of the molecule is Cc1ccc(C(=O)COC(=O)[C@@H]2[C@H]3CC[C@@H](C3)[C@H]2C(=O)OCC(=O)c2ccc(C)c(C)c2)cc1C. The lowest BCUT2D eigenvalue weighted by atomic mass is 9.79. The summed E-state index contributed by atoms with van der Waals surface area (Å²) >= 11 is 0. The van der Waals surface area contributed by atoms with Gasteiger partial charge in [0.15, 0.2) is 24.8 Å². The smallest absolute Gasteiger partial charge is 0.310 e. The summed E-state index contributed by atoms with van der Waals surface area (Å²) in [5.41, 5.74) is 5.14. The number of rotatable bonds is 8. The van der Waals surface area contributed by atoms with Crippen LogP contribution in [0.2, 0.25) is 0 Å². The number of ether oxygens (including phenoxy) is 2. The molecule has 0 spiro atoms. The average Bonchev–Trinajstić information content (AvgIpc) is 3.46. The van der Waals surface area contributed by atoms with E-state index < -0.39 is 23.8 Å². The second-order valence-electron chi connectivity index (χ2n) is 10.0. The van der Waals surface area contributed by atoms with Crippen molar-refractivity contribution in [3.8, 4) is 0 Å².